The van der Waals surface area contributed by atoms with E-state index in [0.717, 1.165) is 4.74 Å². The molecule has 3 rings (SSSR count). The van der Waals surface area contributed by atoms with E-state index in [9.17, 15) is 10.4 Å². The third kappa shape index (κ3) is 2.21. The van der Waals surface area contributed by atoms with Gasteiger partial charge in [0.2, 0.25) is 5.54 Å². The van der Waals surface area contributed by atoms with Crippen molar-refractivity contribution in [2.75, 3.05) is 0 Å². The second kappa shape index (κ2) is 4.98. The summed E-state index contributed by atoms with van der Waals surface area (Å²) in [6, 6.07) is 7.23. The normalized spacial score (nSPS) is 35.3. The molecule has 1 N–H and O–H groups in total. The molecule has 0 bridgehead atoms. The topological polar surface area (TPSA) is 58.7 Å². The average molecular weight is 321 g/mol. The Morgan fingerprint density at radius 1 is 1.32 bits per heavy atom. The van der Waals surface area contributed by atoms with Crippen molar-refractivity contribution < 1.29 is 9.95 Å². The number of rotatable bonds is 2. The fraction of sp³-hybridized carbons (Fsp3) is 0.529. The minimum Gasteiger partial charge on any atom is -0.623 e. The predicted octanol–water partition coefficient (Wildman–Crippen LogP) is 3.92. The van der Waals surface area contributed by atoms with E-state index in [1.165, 1.54) is 6.21 Å². The van der Waals surface area contributed by atoms with Gasteiger partial charge in [0, 0.05) is 13.3 Å². The first-order valence-corrected chi connectivity index (χ1v) is 7.96. The minimum absolute atomic E-state index is 0.221. The zero-order valence-corrected chi connectivity index (χ0v) is 13.8. The van der Waals surface area contributed by atoms with Crippen LogP contribution >= 0.6 is 11.6 Å². The van der Waals surface area contributed by atoms with Gasteiger partial charge in [0.1, 0.15) is 5.71 Å². The van der Waals surface area contributed by atoms with Gasteiger partial charge in [0.25, 0.3) is 0 Å². The van der Waals surface area contributed by atoms with Gasteiger partial charge in [-0.15, -0.1) is 0 Å². The van der Waals surface area contributed by atoms with Crippen molar-refractivity contribution in [3.8, 4) is 0 Å². The molecule has 2 aliphatic rings. The van der Waals surface area contributed by atoms with Crippen molar-refractivity contribution in [2.24, 2.45) is 22.4 Å². The Balaban J connectivity index is 1.96. The molecule has 2 aliphatic carbocycles. The molecule has 0 radical (unpaired) electrons. The van der Waals surface area contributed by atoms with Gasteiger partial charge in [-0.1, -0.05) is 42.7 Å². The van der Waals surface area contributed by atoms with Gasteiger partial charge in [-0.3, -0.25) is 0 Å². The highest BCUT2D eigenvalue weighted by Crippen LogP contribution is 2.66. The lowest BCUT2D eigenvalue weighted by Crippen LogP contribution is -2.48. The predicted molar refractivity (Wildman–Crippen MR) is 87.9 cm³/mol. The molecule has 118 valence electrons. The highest BCUT2D eigenvalue weighted by Gasteiger charge is 2.66. The highest BCUT2D eigenvalue weighted by molar-refractivity contribution is 6.32. The van der Waals surface area contributed by atoms with Crippen molar-refractivity contribution in [3.05, 3.63) is 40.1 Å². The first-order chi connectivity index (χ1) is 10.3. The number of hydrogen-bond donors (Lipinski definition) is 1. The Morgan fingerprint density at radius 2 is 2.00 bits per heavy atom. The van der Waals surface area contributed by atoms with Crippen LogP contribution in [0.4, 0.5) is 0 Å². The van der Waals surface area contributed by atoms with Crippen LogP contribution in [0.3, 0.4) is 0 Å². The van der Waals surface area contributed by atoms with Crippen molar-refractivity contribution in [3.63, 3.8) is 0 Å². The Hall–Kier alpha value is -1.55. The summed E-state index contributed by atoms with van der Waals surface area (Å²) in [5, 5.41) is 26.2. The lowest BCUT2D eigenvalue weighted by Gasteiger charge is -2.31. The van der Waals surface area contributed by atoms with Crippen molar-refractivity contribution >= 4 is 23.5 Å². The molecular formula is C17H21ClN2O2. The van der Waals surface area contributed by atoms with E-state index in [1.807, 2.05) is 19.1 Å². The van der Waals surface area contributed by atoms with Gasteiger partial charge < -0.3 is 10.4 Å². The van der Waals surface area contributed by atoms with Gasteiger partial charge in [-0.05, 0) is 35.8 Å². The Kier molecular flexibility index (Phi) is 3.48. The van der Waals surface area contributed by atoms with Crippen LogP contribution in [-0.4, -0.2) is 27.4 Å². The van der Waals surface area contributed by atoms with E-state index in [4.69, 9.17) is 11.6 Å². The van der Waals surface area contributed by atoms with Gasteiger partial charge in [0.15, 0.2) is 6.21 Å². The number of fused-ring (bicyclic) bond motifs is 1. The number of nitrogens with zero attached hydrogens (tertiary/aromatic N) is 2. The number of halogens is 1. The molecule has 3 unspecified atom stereocenters. The number of hydrogen-bond acceptors (Lipinski definition) is 3. The molecule has 0 amide bonds. The third-order valence-corrected chi connectivity index (χ3v) is 6.05. The van der Waals surface area contributed by atoms with E-state index in [-0.39, 0.29) is 5.41 Å². The van der Waals surface area contributed by atoms with Crippen molar-refractivity contribution in [1.29, 1.82) is 0 Å². The summed E-state index contributed by atoms with van der Waals surface area (Å²) in [7, 11) is 0. The molecule has 1 aromatic rings. The molecule has 0 spiro atoms. The van der Waals surface area contributed by atoms with E-state index in [1.54, 1.807) is 12.1 Å². The second-order valence-corrected chi connectivity index (χ2v) is 7.65. The van der Waals surface area contributed by atoms with Crippen LogP contribution in [0.1, 0.15) is 39.2 Å². The standard InChI is InChI=1S/C17H21ClN2O2/c1-16(2)12-8-15(19-21)17(3,9-13(12)16)20(22)10-11-6-4-5-7-14(11)18/h4-7,10,12-13,21H,8-9H2,1-3H3/b19-15+,20-10-. The molecular weight excluding hydrogens is 300 g/mol. The molecule has 0 aliphatic heterocycles. The third-order valence-electron chi connectivity index (χ3n) is 5.71. The van der Waals surface area contributed by atoms with Crippen LogP contribution in [0.15, 0.2) is 29.4 Å². The lowest BCUT2D eigenvalue weighted by atomic mass is 9.81. The van der Waals surface area contributed by atoms with Gasteiger partial charge in [-0.2, -0.15) is 0 Å². The second-order valence-electron chi connectivity index (χ2n) is 7.24. The van der Waals surface area contributed by atoms with Crippen LogP contribution in [0.2, 0.25) is 5.02 Å². The fourth-order valence-electron chi connectivity index (χ4n) is 3.86. The highest BCUT2D eigenvalue weighted by atomic mass is 35.5. The van der Waals surface area contributed by atoms with E-state index in [0.29, 0.717) is 41.0 Å². The van der Waals surface area contributed by atoms with Gasteiger partial charge in [0.05, 0.1) is 10.6 Å². The lowest BCUT2D eigenvalue weighted by molar-refractivity contribution is -0.521. The van der Waals surface area contributed by atoms with Crippen LogP contribution in [0.25, 0.3) is 0 Å². The summed E-state index contributed by atoms with van der Waals surface area (Å²) in [6.45, 7) is 6.29. The molecule has 4 nitrogen and oxygen atoms in total. The average Bonchev–Trinajstić information content (AvgIpc) is 3.00. The molecule has 2 saturated carbocycles. The minimum atomic E-state index is -0.817. The van der Waals surface area contributed by atoms with Crippen molar-refractivity contribution in [2.45, 2.75) is 39.2 Å². The van der Waals surface area contributed by atoms with Gasteiger partial charge in [-0.25, -0.2) is 4.74 Å². The van der Waals surface area contributed by atoms with E-state index < -0.39 is 5.54 Å². The molecule has 0 saturated heterocycles. The quantitative estimate of drug-likeness (QED) is 0.295. The number of benzene rings is 1. The summed E-state index contributed by atoms with van der Waals surface area (Å²) < 4.78 is 0.911. The fourth-order valence-corrected chi connectivity index (χ4v) is 4.04. The summed E-state index contributed by atoms with van der Waals surface area (Å²) in [4.78, 5) is 0. The monoisotopic (exact) mass is 320 g/mol. The first kappa shape index (κ1) is 15.3. The SMILES string of the molecule is CC1(C)C2C/C(=N\O)C(C)(/[N+]([O-])=C/c3ccccc3Cl)CC21. The molecule has 22 heavy (non-hydrogen) atoms. The number of hydroxylamine groups is 1. The first-order valence-electron chi connectivity index (χ1n) is 7.58. The Bertz CT molecular complexity index is 668. The van der Waals surface area contributed by atoms with Crippen LogP contribution < -0.4 is 0 Å². The Morgan fingerprint density at radius 3 is 2.64 bits per heavy atom. The molecule has 0 heterocycles. The molecule has 0 aromatic heterocycles. The smallest absolute Gasteiger partial charge is 0.211 e. The summed E-state index contributed by atoms with van der Waals surface area (Å²) in [5.41, 5.74) is 0.648. The molecule has 1 aromatic carbocycles. The van der Waals surface area contributed by atoms with E-state index >= 15 is 0 Å². The van der Waals surface area contributed by atoms with Crippen molar-refractivity contribution in [1.82, 2.24) is 0 Å². The summed E-state index contributed by atoms with van der Waals surface area (Å²) in [6.07, 6.45) is 2.89. The maximum absolute atomic E-state index is 12.8. The van der Waals surface area contributed by atoms with Crippen LogP contribution in [0.5, 0.6) is 0 Å². The Labute approximate surface area is 135 Å². The maximum Gasteiger partial charge on any atom is 0.211 e. The largest absolute Gasteiger partial charge is 0.623 e. The molecule has 3 atom stereocenters. The molecule has 2 fully saturated rings. The zero-order valence-electron chi connectivity index (χ0n) is 13.1. The zero-order chi connectivity index (χ0) is 16.1. The number of oxime groups is 1. The van der Waals surface area contributed by atoms with Crippen LogP contribution in [0, 0.1) is 22.5 Å². The summed E-state index contributed by atoms with van der Waals surface area (Å²) in [5.74, 6) is 1.01. The maximum atomic E-state index is 12.8. The summed E-state index contributed by atoms with van der Waals surface area (Å²) >= 11 is 6.13. The van der Waals surface area contributed by atoms with E-state index in [2.05, 4.69) is 19.0 Å². The van der Waals surface area contributed by atoms with Crippen LogP contribution in [-0.2, 0) is 0 Å². The van der Waals surface area contributed by atoms with Gasteiger partial charge >= 0.3 is 0 Å². The molecule has 5 heteroatoms.